The van der Waals surface area contributed by atoms with E-state index in [9.17, 15) is 8.78 Å². The number of rotatable bonds is 4. The van der Waals surface area contributed by atoms with Crippen molar-refractivity contribution in [3.8, 4) is 0 Å². The molecule has 2 nitrogen and oxygen atoms in total. The highest BCUT2D eigenvalue weighted by Crippen LogP contribution is 2.20. The van der Waals surface area contributed by atoms with E-state index < -0.39 is 6.43 Å². The first kappa shape index (κ1) is 11.5. The van der Waals surface area contributed by atoms with Gasteiger partial charge in [-0.3, -0.25) is 4.90 Å². The molecule has 0 spiro atoms. The molecular formula is C12H16F2N2. The second-order valence-electron chi connectivity index (χ2n) is 4.27. The largest absolute Gasteiger partial charge is 0.314 e. The highest BCUT2D eigenvalue weighted by atomic mass is 19.3. The van der Waals surface area contributed by atoms with Crippen LogP contribution in [0.4, 0.5) is 8.78 Å². The van der Waals surface area contributed by atoms with Crippen LogP contribution in [0.2, 0.25) is 0 Å². The molecule has 0 saturated carbocycles. The van der Waals surface area contributed by atoms with Crippen LogP contribution in [0.1, 0.15) is 17.6 Å². The SMILES string of the molecule is CN(Cc1cccc(C(F)F)c1)C1CNC1. The Bertz CT molecular complexity index is 351. The maximum atomic E-state index is 12.5. The summed E-state index contributed by atoms with van der Waals surface area (Å²) in [7, 11) is 2.03. The Morgan fingerprint density at radius 3 is 2.75 bits per heavy atom. The van der Waals surface area contributed by atoms with E-state index in [1.54, 1.807) is 12.1 Å². The summed E-state index contributed by atoms with van der Waals surface area (Å²) in [6, 6.07) is 7.19. The molecule has 1 fully saturated rings. The summed E-state index contributed by atoms with van der Waals surface area (Å²) >= 11 is 0. The van der Waals surface area contributed by atoms with Crippen molar-refractivity contribution in [3.05, 3.63) is 35.4 Å². The summed E-state index contributed by atoms with van der Waals surface area (Å²) in [5, 5.41) is 3.20. The Kier molecular flexibility index (Phi) is 3.51. The van der Waals surface area contributed by atoms with Crippen molar-refractivity contribution in [2.24, 2.45) is 0 Å². The first-order chi connectivity index (χ1) is 7.66. The highest BCUT2D eigenvalue weighted by molar-refractivity contribution is 5.24. The molecule has 0 amide bonds. The molecular weight excluding hydrogens is 210 g/mol. The van der Waals surface area contributed by atoms with Gasteiger partial charge in [-0.2, -0.15) is 0 Å². The molecule has 0 unspecified atom stereocenters. The van der Waals surface area contributed by atoms with Gasteiger partial charge in [-0.25, -0.2) is 8.78 Å². The standard InChI is InChI=1S/C12H16F2N2/c1-16(11-6-15-7-11)8-9-3-2-4-10(5-9)12(13)14/h2-5,11-12,15H,6-8H2,1H3. The summed E-state index contributed by atoms with van der Waals surface area (Å²) < 4.78 is 25.0. The topological polar surface area (TPSA) is 15.3 Å². The van der Waals surface area contributed by atoms with Gasteiger partial charge in [-0.15, -0.1) is 0 Å². The lowest BCUT2D eigenvalue weighted by atomic mass is 10.1. The zero-order chi connectivity index (χ0) is 11.5. The molecule has 1 aromatic carbocycles. The van der Waals surface area contributed by atoms with Crippen molar-refractivity contribution in [2.75, 3.05) is 20.1 Å². The van der Waals surface area contributed by atoms with Gasteiger partial charge >= 0.3 is 0 Å². The molecule has 0 bridgehead atoms. The molecule has 88 valence electrons. The van der Waals surface area contributed by atoms with Gasteiger partial charge in [0, 0.05) is 31.2 Å². The second kappa shape index (κ2) is 4.89. The number of hydrogen-bond donors (Lipinski definition) is 1. The van der Waals surface area contributed by atoms with Crippen molar-refractivity contribution in [2.45, 2.75) is 19.0 Å². The predicted molar refractivity (Wildman–Crippen MR) is 59.5 cm³/mol. The number of halogens is 2. The number of nitrogens with zero attached hydrogens (tertiary/aromatic N) is 1. The Morgan fingerprint density at radius 2 is 2.19 bits per heavy atom. The molecule has 1 saturated heterocycles. The van der Waals surface area contributed by atoms with E-state index in [1.165, 1.54) is 6.07 Å². The smallest absolute Gasteiger partial charge is 0.263 e. The van der Waals surface area contributed by atoms with Gasteiger partial charge < -0.3 is 5.32 Å². The monoisotopic (exact) mass is 226 g/mol. The number of nitrogens with one attached hydrogen (secondary N) is 1. The minimum absolute atomic E-state index is 0.109. The van der Waals surface area contributed by atoms with Crippen molar-refractivity contribution < 1.29 is 8.78 Å². The van der Waals surface area contributed by atoms with E-state index >= 15 is 0 Å². The summed E-state index contributed by atoms with van der Waals surface area (Å²) in [5.74, 6) is 0. The minimum atomic E-state index is -2.38. The molecule has 1 heterocycles. The van der Waals surface area contributed by atoms with Crippen LogP contribution in [-0.4, -0.2) is 31.1 Å². The second-order valence-corrected chi connectivity index (χ2v) is 4.27. The van der Waals surface area contributed by atoms with E-state index in [0.717, 1.165) is 25.2 Å². The van der Waals surface area contributed by atoms with Crippen LogP contribution in [0, 0.1) is 0 Å². The van der Waals surface area contributed by atoms with Crippen LogP contribution in [0.5, 0.6) is 0 Å². The maximum Gasteiger partial charge on any atom is 0.263 e. The number of alkyl halides is 2. The number of benzene rings is 1. The van der Waals surface area contributed by atoms with Gasteiger partial charge in [0.1, 0.15) is 0 Å². The van der Waals surface area contributed by atoms with E-state index in [1.807, 2.05) is 13.1 Å². The lowest BCUT2D eigenvalue weighted by Crippen LogP contribution is -2.55. The van der Waals surface area contributed by atoms with Crippen molar-refractivity contribution in [1.29, 1.82) is 0 Å². The molecule has 16 heavy (non-hydrogen) atoms. The third-order valence-corrected chi connectivity index (χ3v) is 3.02. The lowest BCUT2D eigenvalue weighted by molar-refractivity contribution is 0.150. The molecule has 4 heteroatoms. The first-order valence-corrected chi connectivity index (χ1v) is 5.45. The Balaban J connectivity index is 2.00. The summed E-state index contributed by atoms with van der Waals surface area (Å²) in [6.07, 6.45) is -2.38. The fourth-order valence-corrected chi connectivity index (χ4v) is 1.83. The van der Waals surface area contributed by atoms with Gasteiger partial charge in [-0.1, -0.05) is 18.2 Å². The molecule has 0 radical (unpaired) electrons. The van der Waals surface area contributed by atoms with Gasteiger partial charge in [0.2, 0.25) is 0 Å². The summed E-state index contributed by atoms with van der Waals surface area (Å²) in [5.41, 5.74) is 1.06. The quantitative estimate of drug-likeness (QED) is 0.845. The van der Waals surface area contributed by atoms with Crippen molar-refractivity contribution in [1.82, 2.24) is 10.2 Å². The van der Waals surface area contributed by atoms with E-state index in [2.05, 4.69) is 10.2 Å². The number of hydrogen-bond acceptors (Lipinski definition) is 2. The summed E-state index contributed by atoms with van der Waals surface area (Å²) in [6.45, 7) is 2.71. The fraction of sp³-hybridized carbons (Fsp3) is 0.500. The maximum absolute atomic E-state index is 12.5. The van der Waals surface area contributed by atoms with Gasteiger partial charge in [0.15, 0.2) is 0 Å². The van der Waals surface area contributed by atoms with Gasteiger partial charge in [0.05, 0.1) is 0 Å². The van der Waals surface area contributed by atoms with Crippen LogP contribution >= 0.6 is 0 Å². The van der Waals surface area contributed by atoms with Crippen LogP contribution in [0.15, 0.2) is 24.3 Å². The van der Waals surface area contributed by atoms with E-state index in [-0.39, 0.29) is 5.56 Å². The Labute approximate surface area is 94.3 Å². The average Bonchev–Trinajstić information content (AvgIpc) is 2.15. The van der Waals surface area contributed by atoms with Crippen LogP contribution < -0.4 is 5.32 Å². The Hall–Kier alpha value is -1.00. The van der Waals surface area contributed by atoms with Gasteiger partial charge in [-0.05, 0) is 18.7 Å². The minimum Gasteiger partial charge on any atom is -0.314 e. The highest BCUT2D eigenvalue weighted by Gasteiger charge is 2.21. The van der Waals surface area contributed by atoms with Crippen molar-refractivity contribution >= 4 is 0 Å². The molecule has 1 aliphatic heterocycles. The normalized spacial score (nSPS) is 16.8. The average molecular weight is 226 g/mol. The molecule has 1 N–H and O–H groups in total. The number of likely N-dealkylation sites (N-methyl/N-ethyl adjacent to an activating group) is 1. The summed E-state index contributed by atoms with van der Waals surface area (Å²) in [4.78, 5) is 2.20. The lowest BCUT2D eigenvalue weighted by Gasteiger charge is -2.35. The van der Waals surface area contributed by atoms with Gasteiger partial charge in [0.25, 0.3) is 6.43 Å². The third kappa shape index (κ3) is 2.57. The zero-order valence-electron chi connectivity index (χ0n) is 9.29. The molecule has 0 aliphatic carbocycles. The molecule has 2 rings (SSSR count). The molecule has 1 aliphatic rings. The molecule has 1 aromatic rings. The van der Waals surface area contributed by atoms with E-state index in [0.29, 0.717) is 6.04 Å². The predicted octanol–water partition coefficient (Wildman–Crippen LogP) is 2.03. The third-order valence-electron chi connectivity index (χ3n) is 3.02. The van der Waals surface area contributed by atoms with E-state index in [4.69, 9.17) is 0 Å². The molecule has 0 atom stereocenters. The fourth-order valence-electron chi connectivity index (χ4n) is 1.83. The van der Waals surface area contributed by atoms with Crippen LogP contribution in [0.3, 0.4) is 0 Å². The van der Waals surface area contributed by atoms with Crippen LogP contribution in [0.25, 0.3) is 0 Å². The molecule has 0 aromatic heterocycles. The van der Waals surface area contributed by atoms with Crippen molar-refractivity contribution in [3.63, 3.8) is 0 Å². The Morgan fingerprint density at radius 1 is 1.44 bits per heavy atom. The van der Waals surface area contributed by atoms with Crippen LogP contribution in [-0.2, 0) is 6.54 Å². The first-order valence-electron chi connectivity index (χ1n) is 5.45. The zero-order valence-corrected chi connectivity index (χ0v) is 9.29.